The van der Waals surface area contributed by atoms with Crippen molar-refractivity contribution in [3.63, 3.8) is 0 Å². The minimum atomic E-state index is -4.14. The number of primary sulfonamides is 1. The molecule has 0 bridgehead atoms. The van der Waals surface area contributed by atoms with E-state index in [1.54, 1.807) is 31.2 Å². The van der Waals surface area contributed by atoms with Gasteiger partial charge in [-0.25, -0.2) is 13.6 Å². The molecule has 2 rings (SSSR count). The zero-order valence-electron chi connectivity index (χ0n) is 20.1. The zero-order chi connectivity index (χ0) is 24.2. The molecule has 3 N–H and O–H groups in total. The van der Waals surface area contributed by atoms with Crippen molar-refractivity contribution in [2.45, 2.75) is 31.2 Å². The third-order valence-corrected chi connectivity index (χ3v) is 4.60. The average molecular weight is 413 g/mol. The van der Waals surface area contributed by atoms with Gasteiger partial charge in [0.2, 0.25) is 10.0 Å². The molecule has 0 unspecified atom stereocenters. The summed E-state index contributed by atoms with van der Waals surface area (Å²) in [5.41, 5.74) is 0.0468. The fourth-order valence-corrected chi connectivity index (χ4v) is 3.13. The van der Waals surface area contributed by atoms with Crippen molar-refractivity contribution in [3.05, 3.63) is 48.0 Å². The summed E-state index contributed by atoms with van der Waals surface area (Å²) in [6, 6.07) is 9.61. The molecule has 0 aromatic heterocycles. The molecule has 0 spiro atoms. The minimum Gasteiger partial charge on any atom is -0.495 e. The van der Waals surface area contributed by atoms with Crippen LogP contribution in [0.4, 0.5) is 0 Å². The van der Waals surface area contributed by atoms with E-state index in [4.69, 9.17) is 24.8 Å². The molecule has 0 heterocycles. The monoisotopic (exact) mass is 412 g/mol. The first-order valence-corrected chi connectivity index (χ1v) is 10.2. The molecule has 0 aliphatic carbocycles. The highest BCUT2D eigenvalue weighted by atomic mass is 32.2. The number of sulfonamides is 1. The van der Waals surface area contributed by atoms with Crippen LogP contribution in [0.15, 0.2) is 47.4 Å². The molecule has 154 valence electrons. The van der Waals surface area contributed by atoms with Crippen molar-refractivity contribution >= 4 is 10.0 Å². The van der Waals surface area contributed by atoms with Crippen molar-refractivity contribution in [2.24, 2.45) is 5.14 Å². The Bertz CT molecular complexity index is 1030. The van der Waals surface area contributed by atoms with Gasteiger partial charge in [0, 0.05) is 15.3 Å². The molecular formula is C20H28N2O5S. The second-order valence-electron chi connectivity index (χ2n) is 5.78. The summed E-state index contributed by atoms with van der Waals surface area (Å²) >= 11 is 0. The van der Waals surface area contributed by atoms with E-state index >= 15 is 0 Å². The van der Waals surface area contributed by atoms with E-state index in [0.717, 1.165) is 6.07 Å². The molecule has 0 amide bonds. The molecule has 1 atom stereocenters. The van der Waals surface area contributed by atoms with Crippen LogP contribution in [0.2, 0.25) is 0 Å². The van der Waals surface area contributed by atoms with Crippen molar-refractivity contribution in [2.75, 3.05) is 26.8 Å². The highest BCUT2D eigenvalue weighted by molar-refractivity contribution is 7.89. The number of rotatable bonds is 11. The van der Waals surface area contributed by atoms with Crippen LogP contribution in [0.5, 0.6) is 17.2 Å². The second-order valence-corrected chi connectivity index (χ2v) is 7.31. The summed E-state index contributed by atoms with van der Waals surface area (Å²) in [4.78, 5) is -0.334. The molecule has 0 radical (unpaired) electrons. The fourth-order valence-electron chi connectivity index (χ4n) is 2.41. The number of hydrogen-bond donors (Lipinski definition) is 2. The Balaban J connectivity index is 2.17. The number of hydrogen-bond acceptors (Lipinski definition) is 6. The van der Waals surface area contributed by atoms with Crippen LogP contribution in [0.25, 0.3) is 0 Å². The van der Waals surface area contributed by atoms with Crippen molar-refractivity contribution in [1.29, 1.82) is 0 Å². The predicted octanol–water partition coefficient (Wildman–Crippen LogP) is 2.34. The normalized spacial score (nSPS) is 15.6. The summed E-state index contributed by atoms with van der Waals surface area (Å²) in [6.45, 7) is 1.19. The van der Waals surface area contributed by atoms with Gasteiger partial charge in [0.15, 0.2) is 11.5 Å². The van der Waals surface area contributed by atoms with Gasteiger partial charge in [-0.05, 0) is 50.0 Å². The Morgan fingerprint density at radius 1 is 1.14 bits per heavy atom. The molecule has 28 heavy (non-hydrogen) atoms. The highest BCUT2D eigenvalue weighted by Gasteiger charge is 2.16. The van der Waals surface area contributed by atoms with Gasteiger partial charge in [-0.3, -0.25) is 0 Å². The summed E-state index contributed by atoms with van der Waals surface area (Å²) < 4.78 is 72.8. The van der Waals surface area contributed by atoms with Crippen molar-refractivity contribution < 1.29 is 28.1 Å². The lowest BCUT2D eigenvalue weighted by Crippen LogP contribution is -2.32. The third-order valence-electron chi connectivity index (χ3n) is 3.66. The smallest absolute Gasteiger partial charge is 0.241 e. The summed E-state index contributed by atoms with van der Waals surface area (Å²) in [5.74, 6) is 0.631. The van der Waals surface area contributed by atoms with Crippen LogP contribution in [-0.4, -0.2) is 41.3 Å². The van der Waals surface area contributed by atoms with E-state index in [2.05, 4.69) is 5.32 Å². The number of benzene rings is 2. The van der Waals surface area contributed by atoms with Crippen LogP contribution >= 0.6 is 0 Å². The molecular weight excluding hydrogens is 380 g/mol. The Hall–Kier alpha value is -2.29. The van der Waals surface area contributed by atoms with Crippen LogP contribution < -0.4 is 24.7 Å². The summed E-state index contributed by atoms with van der Waals surface area (Å²) in [7, 11) is -2.85. The minimum absolute atomic E-state index is 0.00496. The van der Waals surface area contributed by atoms with E-state index in [0.29, 0.717) is 12.4 Å². The Labute approximate surface area is 172 Å². The number of para-hydroxylation sites is 2. The molecule has 2 aromatic carbocycles. The summed E-state index contributed by atoms with van der Waals surface area (Å²) in [6.07, 6.45) is -2.06. The summed E-state index contributed by atoms with van der Waals surface area (Å²) in [5, 5.41) is 8.01. The topological polar surface area (TPSA) is 99.9 Å². The first-order chi connectivity index (χ1) is 14.8. The fraction of sp³-hybridized carbons (Fsp3) is 0.400. The maximum atomic E-state index is 11.8. The maximum absolute atomic E-state index is 11.8. The molecule has 0 fully saturated rings. The average Bonchev–Trinajstić information content (AvgIpc) is 2.72. The lowest BCUT2D eigenvalue weighted by Gasteiger charge is -2.16. The van der Waals surface area contributed by atoms with E-state index in [-0.39, 0.29) is 28.5 Å². The Morgan fingerprint density at radius 2 is 1.82 bits per heavy atom. The number of nitrogens with two attached hydrogens (primary N) is 1. The number of methoxy groups -OCH3 is 1. The molecule has 0 saturated carbocycles. The van der Waals surface area contributed by atoms with Gasteiger partial charge in [0.05, 0.1) is 16.5 Å². The van der Waals surface area contributed by atoms with E-state index < -0.39 is 29.0 Å². The van der Waals surface area contributed by atoms with Crippen molar-refractivity contribution in [3.8, 4) is 17.2 Å². The van der Waals surface area contributed by atoms with Gasteiger partial charge in [-0.15, -0.1) is 0 Å². The van der Waals surface area contributed by atoms with Gasteiger partial charge in [0.25, 0.3) is 0 Å². The lowest BCUT2D eigenvalue weighted by molar-refractivity contribution is 0.272. The standard InChI is InChI=1S/C20H28N2O5S/c1-4-26-17-7-5-6-8-18(17)27-12-11-22-15(2)13-16-9-10-19(25-3)20(14-16)28(21,23)24/h5-10,14-15,22H,4,11-13H2,1-3H3,(H2,21,23,24)/t15-/m1/s1/i12D2,13D2. The van der Waals surface area contributed by atoms with E-state index in [1.165, 1.54) is 26.2 Å². The second kappa shape index (κ2) is 10.3. The highest BCUT2D eigenvalue weighted by Crippen LogP contribution is 2.26. The molecule has 8 heteroatoms. The largest absolute Gasteiger partial charge is 0.495 e. The lowest BCUT2D eigenvalue weighted by atomic mass is 10.1. The van der Waals surface area contributed by atoms with E-state index in [1.807, 2.05) is 0 Å². The molecule has 2 aromatic rings. The Morgan fingerprint density at radius 3 is 2.43 bits per heavy atom. The van der Waals surface area contributed by atoms with Gasteiger partial charge < -0.3 is 19.5 Å². The van der Waals surface area contributed by atoms with Crippen LogP contribution in [0.3, 0.4) is 0 Å². The first kappa shape index (κ1) is 16.6. The van der Waals surface area contributed by atoms with Gasteiger partial charge >= 0.3 is 0 Å². The predicted molar refractivity (Wildman–Crippen MR) is 109 cm³/mol. The first-order valence-electron chi connectivity index (χ1n) is 10.7. The number of nitrogens with one attached hydrogen (secondary N) is 1. The zero-order valence-corrected chi connectivity index (χ0v) is 16.9. The molecule has 0 aliphatic heterocycles. The molecule has 0 saturated heterocycles. The van der Waals surface area contributed by atoms with Gasteiger partial charge in [-0.1, -0.05) is 18.2 Å². The van der Waals surface area contributed by atoms with Crippen LogP contribution in [0.1, 0.15) is 24.9 Å². The van der Waals surface area contributed by atoms with Crippen LogP contribution in [0, 0.1) is 0 Å². The third kappa shape index (κ3) is 6.40. The maximum Gasteiger partial charge on any atom is 0.241 e. The van der Waals surface area contributed by atoms with E-state index in [9.17, 15) is 8.42 Å². The van der Waals surface area contributed by atoms with Gasteiger partial charge in [-0.2, -0.15) is 0 Å². The quantitative estimate of drug-likeness (QED) is 0.588. The van der Waals surface area contributed by atoms with Gasteiger partial charge in [0.1, 0.15) is 17.2 Å². The number of ether oxygens (including phenoxy) is 3. The molecule has 0 aliphatic rings. The SMILES string of the molecule is [2H]C([2H])(CN[C@H](C)C([2H])([2H])c1ccc(OC)c(S(N)(=O)=O)c1)Oc1ccccc1OCC. The van der Waals surface area contributed by atoms with Crippen molar-refractivity contribution in [1.82, 2.24) is 5.32 Å². The Kier molecular flexibility index (Phi) is 6.13. The molecule has 7 nitrogen and oxygen atoms in total. The van der Waals surface area contributed by atoms with Crippen LogP contribution in [-0.2, 0) is 16.4 Å².